The summed E-state index contributed by atoms with van der Waals surface area (Å²) in [6.07, 6.45) is 1.98. The summed E-state index contributed by atoms with van der Waals surface area (Å²) in [7, 11) is 0. The second-order valence-electron chi connectivity index (χ2n) is 6.59. The van der Waals surface area contributed by atoms with Crippen LogP contribution in [-0.2, 0) is 13.0 Å². The lowest BCUT2D eigenvalue weighted by Crippen LogP contribution is -2.39. The predicted octanol–water partition coefficient (Wildman–Crippen LogP) is 2.64. The molecule has 0 spiro atoms. The van der Waals surface area contributed by atoms with Crippen LogP contribution in [0.25, 0.3) is 11.0 Å². The molecule has 2 aromatic heterocycles. The molecule has 1 amide bonds. The molecule has 6 heteroatoms. The molecule has 0 radical (unpaired) electrons. The summed E-state index contributed by atoms with van der Waals surface area (Å²) < 4.78 is 5.95. The van der Waals surface area contributed by atoms with Crippen LogP contribution in [-0.4, -0.2) is 27.3 Å². The van der Waals surface area contributed by atoms with E-state index in [4.69, 9.17) is 4.42 Å². The lowest BCUT2D eigenvalue weighted by molar-refractivity contribution is 0.0701. The van der Waals surface area contributed by atoms with Crippen LogP contribution in [0.5, 0.6) is 0 Å². The van der Waals surface area contributed by atoms with Crippen molar-refractivity contribution in [2.75, 3.05) is 6.54 Å². The molecule has 1 N–H and O–H groups in total. The van der Waals surface area contributed by atoms with E-state index in [0.717, 1.165) is 33.4 Å². The zero-order valence-corrected chi connectivity index (χ0v) is 14.5. The zero-order valence-electron chi connectivity index (χ0n) is 14.5. The molecular formula is C19H19N3O3. The Kier molecular flexibility index (Phi) is 3.49. The molecule has 1 aromatic carbocycles. The number of H-pyrrole nitrogens is 1. The van der Waals surface area contributed by atoms with Gasteiger partial charge in [0.2, 0.25) is 0 Å². The van der Waals surface area contributed by atoms with Gasteiger partial charge in [-0.15, -0.1) is 0 Å². The van der Waals surface area contributed by atoms with Gasteiger partial charge in [-0.3, -0.25) is 9.59 Å². The first kappa shape index (κ1) is 15.6. The molecule has 3 aromatic rings. The van der Waals surface area contributed by atoms with Crippen molar-refractivity contribution in [3.05, 3.63) is 62.5 Å². The molecule has 0 saturated heterocycles. The smallest absolute Gasteiger partial charge is 0.290 e. The second-order valence-corrected chi connectivity index (χ2v) is 6.59. The van der Waals surface area contributed by atoms with Crippen LogP contribution in [0.15, 0.2) is 27.7 Å². The van der Waals surface area contributed by atoms with Gasteiger partial charge in [0.05, 0.1) is 24.1 Å². The van der Waals surface area contributed by atoms with Crippen molar-refractivity contribution in [2.45, 2.75) is 33.7 Å². The first-order valence-electron chi connectivity index (χ1n) is 8.31. The number of hydrogen-bond acceptors (Lipinski definition) is 4. The number of aromatic nitrogens is 2. The third-order valence-corrected chi connectivity index (χ3v) is 4.97. The Bertz CT molecular complexity index is 1060. The quantitative estimate of drug-likeness (QED) is 0.740. The van der Waals surface area contributed by atoms with Gasteiger partial charge >= 0.3 is 0 Å². The number of nitrogens with one attached hydrogen (secondary N) is 1. The summed E-state index contributed by atoms with van der Waals surface area (Å²) in [5.74, 6) is 0.178. The standard InChI is InChI=1S/C19H19N3O3/c1-10-4-5-11(2)16-15(10)12(3)17(25-16)19(24)22-7-6-14-13(8-22)18(23)21-9-20-14/h4-5,9H,6-8H2,1-3H3,(H,20,21,23). The average molecular weight is 337 g/mol. The van der Waals surface area contributed by atoms with Crippen molar-refractivity contribution in [3.63, 3.8) is 0 Å². The highest BCUT2D eigenvalue weighted by Gasteiger charge is 2.28. The zero-order chi connectivity index (χ0) is 17.7. The number of rotatable bonds is 1. The van der Waals surface area contributed by atoms with E-state index in [1.165, 1.54) is 6.33 Å². The fraction of sp³-hybridized carbons (Fsp3) is 0.316. The van der Waals surface area contributed by atoms with Crippen LogP contribution < -0.4 is 5.56 Å². The molecule has 1 aliphatic heterocycles. The number of aromatic amines is 1. The molecule has 25 heavy (non-hydrogen) atoms. The van der Waals surface area contributed by atoms with E-state index in [2.05, 4.69) is 9.97 Å². The van der Waals surface area contributed by atoms with Gasteiger partial charge < -0.3 is 14.3 Å². The highest BCUT2D eigenvalue weighted by Crippen LogP contribution is 2.31. The summed E-state index contributed by atoms with van der Waals surface area (Å²) in [4.78, 5) is 33.5. The highest BCUT2D eigenvalue weighted by molar-refractivity contribution is 6.00. The van der Waals surface area contributed by atoms with E-state index in [9.17, 15) is 9.59 Å². The molecule has 0 atom stereocenters. The summed E-state index contributed by atoms with van der Waals surface area (Å²) in [6.45, 7) is 6.68. The second kappa shape index (κ2) is 5.58. The fourth-order valence-corrected chi connectivity index (χ4v) is 3.55. The third-order valence-electron chi connectivity index (χ3n) is 4.97. The van der Waals surface area contributed by atoms with E-state index >= 15 is 0 Å². The SMILES string of the molecule is Cc1ccc(C)c2c(C)c(C(=O)N3CCc4nc[nH]c(=O)c4C3)oc12. The van der Waals surface area contributed by atoms with Crippen LogP contribution in [0.1, 0.15) is 38.5 Å². The van der Waals surface area contributed by atoms with Gasteiger partial charge in [-0.2, -0.15) is 0 Å². The number of aryl methyl sites for hydroxylation is 3. The maximum Gasteiger partial charge on any atom is 0.290 e. The molecule has 0 fully saturated rings. The average Bonchev–Trinajstić information content (AvgIpc) is 2.96. The maximum absolute atomic E-state index is 13.0. The maximum atomic E-state index is 13.0. The number of nitrogens with zero attached hydrogens (tertiary/aromatic N) is 2. The van der Waals surface area contributed by atoms with Crippen LogP contribution in [0.4, 0.5) is 0 Å². The molecule has 1 aliphatic rings. The van der Waals surface area contributed by atoms with Crippen molar-refractivity contribution in [3.8, 4) is 0 Å². The van der Waals surface area contributed by atoms with E-state index in [1.807, 2.05) is 32.9 Å². The number of carbonyl (C=O) groups is 1. The normalized spacial score (nSPS) is 14.0. The molecule has 0 bridgehead atoms. The Morgan fingerprint density at radius 2 is 2.00 bits per heavy atom. The summed E-state index contributed by atoms with van der Waals surface area (Å²) in [5.41, 5.74) is 4.85. The lowest BCUT2D eigenvalue weighted by Gasteiger charge is -2.26. The number of hydrogen-bond donors (Lipinski definition) is 1. The van der Waals surface area contributed by atoms with Gasteiger partial charge in [0.1, 0.15) is 5.58 Å². The summed E-state index contributed by atoms with van der Waals surface area (Å²) in [6, 6.07) is 4.04. The van der Waals surface area contributed by atoms with Crippen molar-refractivity contribution < 1.29 is 9.21 Å². The number of amides is 1. The van der Waals surface area contributed by atoms with E-state index < -0.39 is 0 Å². The minimum Gasteiger partial charge on any atom is -0.450 e. The Balaban J connectivity index is 1.75. The number of fused-ring (bicyclic) bond motifs is 2. The van der Waals surface area contributed by atoms with Gasteiger partial charge in [-0.05, 0) is 31.9 Å². The predicted molar refractivity (Wildman–Crippen MR) is 93.7 cm³/mol. The van der Waals surface area contributed by atoms with E-state index in [0.29, 0.717) is 24.3 Å². The number of benzene rings is 1. The van der Waals surface area contributed by atoms with Crippen molar-refractivity contribution in [2.24, 2.45) is 0 Å². The van der Waals surface area contributed by atoms with Gasteiger partial charge in [-0.1, -0.05) is 12.1 Å². The van der Waals surface area contributed by atoms with Gasteiger partial charge in [0, 0.05) is 23.9 Å². The first-order chi connectivity index (χ1) is 12.0. The van der Waals surface area contributed by atoms with Crippen molar-refractivity contribution >= 4 is 16.9 Å². The number of carbonyl (C=O) groups excluding carboxylic acids is 1. The molecule has 6 nitrogen and oxygen atoms in total. The monoisotopic (exact) mass is 337 g/mol. The molecule has 0 saturated carbocycles. The molecule has 4 rings (SSSR count). The fourth-order valence-electron chi connectivity index (χ4n) is 3.55. The lowest BCUT2D eigenvalue weighted by atomic mass is 10.0. The third kappa shape index (κ3) is 2.36. The Morgan fingerprint density at radius 1 is 1.24 bits per heavy atom. The van der Waals surface area contributed by atoms with Crippen molar-refractivity contribution in [1.82, 2.24) is 14.9 Å². The topological polar surface area (TPSA) is 79.2 Å². The van der Waals surface area contributed by atoms with E-state index in [-0.39, 0.29) is 18.0 Å². The minimum atomic E-state index is -0.185. The Labute approximate surface area is 144 Å². The van der Waals surface area contributed by atoms with Crippen LogP contribution in [0.2, 0.25) is 0 Å². The summed E-state index contributed by atoms with van der Waals surface area (Å²) >= 11 is 0. The largest absolute Gasteiger partial charge is 0.450 e. The molecule has 0 unspecified atom stereocenters. The molecule has 0 aliphatic carbocycles. The van der Waals surface area contributed by atoms with Gasteiger partial charge in [-0.25, -0.2) is 4.98 Å². The Hall–Kier alpha value is -2.89. The van der Waals surface area contributed by atoms with Crippen molar-refractivity contribution in [1.29, 1.82) is 0 Å². The summed E-state index contributed by atoms with van der Waals surface area (Å²) in [5, 5.41) is 1.00. The van der Waals surface area contributed by atoms with Gasteiger partial charge in [0.25, 0.3) is 11.5 Å². The number of furan rings is 1. The van der Waals surface area contributed by atoms with E-state index in [1.54, 1.807) is 4.90 Å². The van der Waals surface area contributed by atoms with Crippen LogP contribution in [0.3, 0.4) is 0 Å². The molecule has 3 heterocycles. The Morgan fingerprint density at radius 3 is 2.76 bits per heavy atom. The van der Waals surface area contributed by atoms with Gasteiger partial charge in [0.15, 0.2) is 5.76 Å². The first-order valence-corrected chi connectivity index (χ1v) is 8.31. The highest BCUT2D eigenvalue weighted by atomic mass is 16.3. The molecule has 128 valence electrons. The molecular weight excluding hydrogens is 318 g/mol. The van der Waals surface area contributed by atoms with Crippen LogP contribution in [0, 0.1) is 20.8 Å². The van der Waals surface area contributed by atoms with Crippen LogP contribution >= 0.6 is 0 Å². The minimum absolute atomic E-state index is 0.179.